The van der Waals surface area contributed by atoms with Crippen molar-refractivity contribution in [2.75, 3.05) is 27.2 Å². The second-order valence-electron chi connectivity index (χ2n) is 15.8. The van der Waals surface area contributed by atoms with Gasteiger partial charge in [0.25, 0.3) is 0 Å². The quantitative estimate of drug-likeness (QED) is 0.0498. The van der Waals surface area contributed by atoms with Crippen LogP contribution in [0, 0.1) is 5.92 Å². The fourth-order valence-corrected chi connectivity index (χ4v) is 7.11. The second kappa shape index (κ2) is 32.7. The maximum Gasteiger partial charge on any atom is 0.168 e. The summed E-state index contributed by atoms with van der Waals surface area (Å²) in [6.45, 7) is 11.0. The van der Waals surface area contributed by atoms with Crippen LogP contribution in [0.3, 0.4) is 0 Å². The number of likely N-dealkylation sites (N-methyl/N-ethyl adjacent to an activating group) is 1. The zero-order valence-electron chi connectivity index (χ0n) is 34.0. The van der Waals surface area contributed by atoms with E-state index in [0.717, 1.165) is 44.8 Å². The molecule has 3 heteroatoms. The average Bonchev–Trinajstić information content (AvgIpc) is 3.46. The van der Waals surface area contributed by atoms with Crippen molar-refractivity contribution in [3.05, 3.63) is 48.1 Å². The van der Waals surface area contributed by atoms with Gasteiger partial charge in [0.15, 0.2) is 5.79 Å². The number of allylic oxidation sites excluding steroid dienone is 8. The minimum Gasteiger partial charge on any atom is -0.347 e. The van der Waals surface area contributed by atoms with E-state index in [9.17, 15) is 0 Å². The minimum absolute atomic E-state index is 0.212. The van der Waals surface area contributed by atoms with E-state index in [1.165, 1.54) is 148 Å². The fraction of sp³-hybridized carbons (Fsp3) is 0.826. The van der Waals surface area contributed by atoms with Crippen LogP contribution in [0.5, 0.6) is 0 Å². The molecule has 1 saturated heterocycles. The highest BCUT2D eigenvalue weighted by Crippen LogP contribution is 2.35. The van der Waals surface area contributed by atoms with Crippen LogP contribution in [0.1, 0.15) is 201 Å². The number of rotatable bonds is 34. The molecule has 1 heterocycles. The molecule has 0 aromatic rings. The Morgan fingerprint density at radius 1 is 0.633 bits per heavy atom. The van der Waals surface area contributed by atoms with Crippen LogP contribution in [-0.4, -0.2) is 44.0 Å². The van der Waals surface area contributed by atoms with Crippen LogP contribution in [0.2, 0.25) is 0 Å². The van der Waals surface area contributed by atoms with E-state index in [0.29, 0.717) is 0 Å². The molecule has 2 unspecified atom stereocenters. The average molecular weight is 684 g/mol. The third-order valence-corrected chi connectivity index (χ3v) is 9.90. The Kier molecular flexibility index (Phi) is 30.6. The maximum atomic E-state index is 6.66. The lowest BCUT2D eigenvalue weighted by Crippen LogP contribution is -2.33. The molecule has 2 atom stereocenters. The van der Waals surface area contributed by atoms with Crippen molar-refractivity contribution in [2.45, 2.75) is 213 Å². The van der Waals surface area contributed by atoms with E-state index < -0.39 is 0 Å². The third kappa shape index (κ3) is 28.2. The van der Waals surface area contributed by atoms with Crippen molar-refractivity contribution in [1.29, 1.82) is 0 Å². The van der Waals surface area contributed by atoms with Gasteiger partial charge in [-0.05, 0) is 103 Å². The summed E-state index contributed by atoms with van der Waals surface area (Å²) in [6.07, 6.45) is 51.4. The molecule has 0 spiro atoms. The molecule has 0 bridgehead atoms. The molecule has 0 N–H and O–H groups in total. The number of hydrogen-bond acceptors (Lipinski definition) is 3. The third-order valence-electron chi connectivity index (χ3n) is 9.90. The number of hydrogen-bond donors (Lipinski definition) is 0. The molecular weight excluding hydrogens is 599 g/mol. The standard InChI is InChI=1S/C46H85NO2/c1-7-9-11-13-15-16-17-18-19-20-21-22-23-26-30-34-38-46(48-42-45(49-46)41-47(5)6)39-35-31-27-25-29-33-37-44(40-43(3)4)36-32-28-24-14-12-10-8-2/h15-16,18-19,24,28,36,43,45H,7-14,17,20-23,25-27,29-35,37-42H2,1-6H3. The van der Waals surface area contributed by atoms with E-state index in [4.69, 9.17) is 9.47 Å². The Hall–Kier alpha value is -1.16. The molecule has 0 aliphatic carbocycles. The highest BCUT2D eigenvalue weighted by molar-refractivity contribution is 5.06. The van der Waals surface area contributed by atoms with Crippen LogP contribution < -0.4 is 0 Å². The van der Waals surface area contributed by atoms with Crippen molar-refractivity contribution in [1.82, 2.24) is 4.90 Å². The molecule has 1 fully saturated rings. The lowest BCUT2D eigenvalue weighted by Gasteiger charge is -2.29. The van der Waals surface area contributed by atoms with E-state index in [2.05, 4.69) is 89.2 Å². The predicted molar refractivity (Wildman–Crippen MR) is 218 cm³/mol. The van der Waals surface area contributed by atoms with E-state index in [-0.39, 0.29) is 11.9 Å². The Balaban J connectivity index is 2.26. The lowest BCUT2D eigenvalue weighted by molar-refractivity contribution is -0.180. The van der Waals surface area contributed by atoms with Crippen LogP contribution in [0.15, 0.2) is 48.1 Å². The minimum atomic E-state index is -0.336. The monoisotopic (exact) mass is 684 g/mol. The van der Waals surface area contributed by atoms with Crippen molar-refractivity contribution in [2.24, 2.45) is 5.92 Å². The molecule has 3 nitrogen and oxygen atoms in total. The molecule has 286 valence electrons. The summed E-state index contributed by atoms with van der Waals surface area (Å²) in [5.41, 5.74) is 1.68. The van der Waals surface area contributed by atoms with Crippen LogP contribution in [0.25, 0.3) is 0 Å². The summed E-state index contributed by atoms with van der Waals surface area (Å²) in [6, 6.07) is 0. The van der Waals surface area contributed by atoms with Crippen molar-refractivity contribution in [3.63, 3.8) is 0 Å². The Labute approximate surface area is 307 Å². The molecule has 1 aliphatic rings. The van der Waals surface area contributed by atoms with Crippen LogP contribution >= 0.6 is 0 Å². The predicted octanol–water partition coefficient (Wildman–Crippen LogP) is 14.5. The summed E-state index contributed by atoms with van der Waals surface area (Å²) < 4.78 is 13.1. The van der Waals surface area contributed by atoms with Gasteiger partial charge in [-0.2, -0.15) is 0 Å². The van der Waals surface area contributed by atoms with Gasteiger partial charge in [0.1, 0.15) is 0 Å². The summed E-state index contributed by atoms with van der Waals surface area (Å²) in [5, 5.41) is 0. The molecule has 1 rings (SSSR count). The second-order valence-corrected chi connectivity index (χ2v) is 15.8. The highest BCUT2D eigenvalue weighted by Gasteiger charge is 2.40. The SMILES string of the molecule is CCCCCC=CCC=CCCCCCCCCC1(CCCCCCCCC(=CCC=CCCCCC)CC(C)C)OCC(CN(C)C)O1. The van der Waals surface area contributed by atoms with Gasteiger partial charge in [0, 0.05) is 19.4 Å². The van der Waals surface area contributed by atoms with Gasteiger partial charge in [0.2, 0.25) is 0 Å². The van der Waals surface area contributed by atoms with Gasteiger partial charge in [-0.3, -0.25) is 0 Å². The first-order chi connectivity index (χ1) is 23.9. The van der Waals surface area contributed by atoms with Crippen molar-refractivity contribution >= 4 is 0 Å². The molecule has 1 aliphatic heterocycles. The number of nitrogens with zero attached hydrogens (tertiary/aromatic N) is 1. The van der Waals surface area contributed by atoms with E-state index in [1.807, 2.05) is 0 Å². The van der Waals surface area contributed by atoms with E-state index >= 15 is 0 Å². The maximum absolute atomic E-state index is 6.66. The molecule has 0 saturated carbocycles. The Bertz CT molecular complexity index is 840. The smallest absolute Gasteiger partial charge is 0.168 e. The molecule has 0 amide bonds. The zero-order chi connectivity index (χ0) is 35.7. The first kappa shape index (κ1) is 45.9. The normalized spacial score (nSPS) is 18.9. The molecule has 0 radical (unpaired) electrons. The number of ether oxygens (including phenoxy) is 2. The molecule has 49 heavy (non-hydrogen) atoms. The molecule has 0 aromatic heterocycles. The van der Waals surface area contributed by atoms with Gasteiger partial charge in [-0.25, -0.2) is 0 Å². The van der Waals surface area contributed by atoms with E-state index in [1.54, 1.807) is 5.57 Å². The highest BCUT2D eigenvalue weighted by atomic mass is 16.7. The van der Waals surface area contributed by atoms with Crippen LogP contribution in [0.4, 0.5) is 0 Å². The largest absolute Gasteiger partial charge is 0.347 e. The lowest BCUT2D eigenvalue weighted by atomic mass is 9.96. The summed E-state index contributed by atoms with van der Waals surface area (Å²) >= 11 is 0. The summed E-state index contributed by atoms with van der Waals surface area (Å²) in [5.74, 6) is 0.413. The first-order valence-electron chi connectivity index (χ1n) is 21.5. The van der Waals surface area contributed by atoms with Crippen molar-refractivity contribution in [3.8, 4) is 0 Å². The number of unbranched alkanes of at least 4 members (excludes halogenated alkanes) is 17. The van der Waals surface area contributed by atoms with Crippen molar-refractivity contribution < 1.29 is 9.47 Å². The van der Waals surface area contributed by atoms with Crippen LogP contribution in [-0.2, 0) is 9.47 Å². The topological polar surface area (TPSA) is 21.7 Å². The fourth-order valence-electron chi connectivity index (χ4n) is 7.11. The van der Waals surface area contributed by atoms with Gasteiger partial charge in [0.05, 0.1) is 12.7 Å². The summed E-state index contributed by atoms with van der Waals surface area (Å²) in [4.78, 5) is 2.23. The molecule has 0 aromatic carbocycles. The summed E-state index contributed by atoms with van der Waals surface area (Å²) in [7, 11) is 4.28. The Morgan fingerprint density at radius 2 is 1.12 bits per heavy atom. The van der Waals surface area contributed by atoms with Gasteiger partial charge in [-0.1, -0.05) is 153 Å². The Morgan fingerprint density at radius 3 is 1.65 bits per heavy atom. The van der Waals surface area contributed by atoms with Gasteiger partial charge >= 0.3 is 0 Å². The first-order valence-corrected chi connectivity index (χ1v) is 21.5. The molecular formula is C46H85NO2. The van der Waals surface area contributed by atoms with Gasteiger partial charge in [-0.15, -0.1) is 0 Å². The zero-order valence-corrected chi connectivity index (χ0v) is 34.0. The van der Waals surface area contributed by atoms with Gasteiger partial charge < -0.3 is 14.4 Å².